The molecule has 0 spiro atoms. The van der Waals surface area contributed by atoms with Gasteiger partial charge in [0.25, 0.3) is 7.37 Å². The molecule has 25 heavy (non-hydrogen) atoms. The quantitative estimate of drug-likeness (QED) is 0.497. The van der Waals surface area contributed by atoms with E-state index < -0.39 is 15.4 Å². The van der Waals surface area contributed by atoms with E-state index in [0.717, 1.165) is 0 Å². The van der Waals surface area contributed by atoms with E-state index in [1.165, 1.54) is 0 Å². The first-order valence-electron chi connectivity index (χ1n) is 8.24. The zero-order valence-electron chi connectivity index (χ0n) is 15.1. The van der Waals surface area contributed by atoms with Crippen LogP contribution in [0.25, 0.3) is 0 Å². The molecule has 4 nitrogen and oxygen atoms in total. The minimum Gasteiger partial charge on any atom is -0.390 e. The molecule has 0 amide bonds. The predicted octanol–water partition coefficient (Wildman–Crippen LogP) is 3.07. The molecule has 1 aromatic heterocycles. The SMILES string of the molecule is CCOP(=O)(c1ccccc1)c1cc(C#C[Si](C)(C)C)cc(CO)n1. The van der Waals surface area contributed by atoms with Gasteiger partial charge in [0, 0.05) is 10.9 Å². The molecule has 1 N–H and O–H groups in total. The fourth-order valence-corrected chi connectivity index (χ4v) is 4.78. The summed E-state index contributed by atoms with van der Waals surface area (Å²) in [6.07, 6.45) is 0. The van der Waals surface area contributed by atoms with Crippen LogP contribution in [0.15, 0.2) is 42.5 Å². The molecule has 0 bridgehead atoms. The van der Waals surface area contributed by atoms with Gasteiger partial charge in [0.15, 0.2) is 0 Å². The smallest absolute Gasteiger partial charge is 0.279 e. The van der Waals surface area contributed by atoms with Gasteiger partial charge in [0.2, 0.25) is 0 Å². The Labute approximate surface area is 150 Å². The molecule has 1 heterocycles. The molecule has 2 rings (SSSR count). The van der Waals surface area contributed by atoms with Crippen molar-refractivity contribution in [3.8, 4) is 11.5 Å². The average Bonchev–Trinajstić information content (AvgIpc) is 2.60. The summed E-state index contributed by atoms with van der Waals surface area (Å²) in [4.78, 5) is 4.37. The average molecular weight is 373 g/mol. The fourth-order valence-electron chi connectivity index (χ4n) is 2.21. The Balaban J connectivity index is 2.61. The van der Waals surface area contributed by atoms with Crippen LogP contribution < -0.4 is 10.7 Å². The molecule has 0 fully saturated rings. The number of aromatic nitrogens is 1. The topological polar surface area (TPSA) is 59.4 Å². The van der Waals surface area contributed by atoms with Gasteiger partial charge in [-0.15, -0.1) is 5.54 Å². The summed E-state index contributed by atoms with van der Waals surface area (Å²) in [5.41, 5.74) is 4.75. The van der Waals surface area contributed by atoms with Gasteiger partial charge in [-0.25, -0.2) is 4.98 Å². The highest BCUT2D eigenvalue weighted by Gasteiger charge is 2.30. The van der Waals surface area contributed by atoms with E-state index in [1.54, 1.807) is 31.2 Å². The second-order valence-electron chi connectivity index (χ2n) is 6.67. The Kier molecular flexibility index (Phi) is 6.37. The summed E-state index contributed by atoms with van der Waals surface area (Å²) in [5, 5.41) is 10.1. The standard InChI is InChI=1S/C19H24NO3PSi/c1-5-23-24(22,18-9-7-6-8-10-18)19-14-16(11-12-25(2,3)4)13-17(15-21)20-19/h6-10,13-14,21H,5,15H2,1-4H3. The van der Waals surface area contributed by atoms with Crippen molar-refractivity contribution < 1.29 is 14.2 Å². The van der Waals surface area contributed by atoms with E-state index in [0.29, 0.717) is 28.6 Å². The third-order valence-corrected chi connectivity index (χ3v) is 6.62. The van der Waals surface area contributed by atoms with Crippen molar-refractivity contribution in [1.82, 2.24) is 4.98 Å². The van der Waals surface area contributed by atoms with Crippen LogP contribution in [0.3, 0.4) is 0 Å². The molecule has 0 aliphatic carbocycles. The summed E-state index contributed by atoms with van der Waals surface area (Å²) >= 11 is 0. The zero-order chi connectivity index (χ0) is 18.5. The Bertz CT molecular complexity index is 835. The summed E-state index contributed by atoms with van der Waals surface area (Å²) in [6, 6.07) is 12.5. The number of aliphatic hydroxyl groups excluding tert-OH is 1. The molecule has 132 valence electrons. The lowest BCUT2D eigenvalue weighted by Crippen LogP contribution is -2.22. The maximum atomic E-state index is 13.6. The van der Waals surface area contributed by atoms with Crippen LogP contribution in [-0.4, -0.2) is 24.8 Å². The fraction of sp³-hybridized carbons (Fsp3) is 0.316. The maximum Gasteiger partial charge on any atom is 0.279 e. The van der Waals surface area contributed by atoms with Crippen LogP contribution in [0.1, 0.15) is 18.2 Å². The maximum absolute atomic E-state index is 13.6. The third kappa shape index (κ3) is 5.13. The molecule has 6 heteroatoms. The van der Waals surface area contributed by atoms with Gasteiger partial charge in [-0.2, -0.15) is 0 Å². The highest BCUT2D eigenvalue weighted by atomic mass is 31.2. The lowest BCUT2D eigenvalue weighted by molar-refractivity contribution is 0.277. The molecule has 1 atom stereocenters. The number of nitrogens with zero attached hydrogens (tertiary/aromatic N) is 1. The molecule has 0 aliphatic rings. The van der Waals surface area contributed by atoms with Gasteiger partial charge in [-0.1, -0.05) is 43.8 Å². The molecule has 0 saturated carbocycles. The van der Waals surface area contributed by atoms with Gasteiger partial charge in [-0.05, 0) is 31.2 Å². The number of aliphatic hydroxyl groups is 1. The number of pyridine rings is 1. The van der Waals surface area contributed by atoms with E-state index >= 15 is 0 Å². The highest BCUT2D eigenvalue weighted by Crippen LogP contribution is 2.43. The minimum atomic E-state index is -3.33. The molecule has 0 saturated heterocycles. The molecule has 1 aromatic carbocycles. The highest BCUT2D eigenvalue weighted by molar-refractivity contribution is 7.74. The lowest BCUT2D eigenvalue weighted by Gasteiger charge is -2.18. The van der Waals surface area contributed by atoms with Crippen molar-refractivity contribution in [3.63, 3.8) is 0 Å². The Hall–Kier alpha value is -1.70. The minimum absolute atomic E-state index is 0.240. The lowest BCUT2D eigenvalue weighted by atomic mass is 10.2. The third-order valence-electron chi connectivity index (χ3n) is 3.32. The van der Waals surface area contributed by atoms with Gasteiger partial charge >= 0.3 is 0 Å². The summed E-state index contributed by atoms with van der Waals surface area (Å²) in [5.74, 6) is 3.15. The van der Waals surface area contributed by atoms with Crippen molar-refractivity contribution in [2.24, 2.45) is 0 Å². The van der Waals surface area contributed by atoms with Gasteiger partial charge in [0.1, 0.15) is 13.5 Å². The Morgan fingerprint density at radius 1 is 1.20 bits per heavy atom. The van der Waals surface area contributed by atoms with Crippen molar-refractivity contribution >= 4 is 26.2 Å². The second kappa shape index (κ2) is 8.12. The van der Waals surface area contributed by atoms with Crippen LogP contribution in [0.4, 0.5) is 0 Å². The van der Waals surface area contributed by atoms with Crippen LogP contribution in [0, 0.1) is 11.5 Å². The van der Waals surface area contributed by atoms with Crippen LogP contribution in [0.2, 0.25) is 19.6 Å². The molecule has 1 unspecified atom stereocenters. The predicted molar refractivity (Wildman–Crippen MR) is 105 cm³/mol. The molecular weight excluding hydrogens is 349 g/mol. The van der Waals surface area contributed by atoms with Crippen LogP contribution in [-0.2, 0) is 15.7 Å². The van der Waals surface area contributed by atoms with E-state index in [1.807, 2.05) is 18.2 Å². The largest absolute Gasteiger partial charge is 0.390 e. The van der Waals surface area contributed by atoms with E-state index in [2.05, 4.69) is 36.1 Å². The van der Waals surface area contributed by atoms with Crippen molar-refractivity contribution in [2.45, 2.75) is 33.2 Å². The first kappa shape index (κ1) is 19.6. The summed E-state index contributed by atoms with van der Waals surface area (Å²) in [7, 11) is -4.89. The Morgan fingerprint density at radius 2 is 1.88 bits per heavy atom. The van der Waals surface area contributed by atoms with E-state index in [4.69, 9.17) is 4.52 Å². The van der Waals surface area contributed by atoms with Crippen molar-refractivity contribution in [3.05, 3.63) is 53.7 Å². The number of rotatable bonds is 5. The molecule has 2 aromatic rings. The van der Waals surface area contributed by atoms with Gasteiger partial charge in [-0.3, -0.25) is 4.57 Å². The zero-order valence-corrected chi connectivity index (χ0v) is 17.0. The van der Waals surface area contributed by atoms with Crippen LogP contribution in [0.5, 0.6) is 0 Å². The Morgan fingerprint density at radius 3 is 2.44 bits per heavy atom. The molecule has 0 aliphatic heterocycles. The number of hydrogen-bond donors (Lipinski definition) is 1. The first-order valence-corrected chi connectivity index (χ1v) is 13.4. The van der Waals surface area contributed by atoms with E-state index in [9.17, 15) is 9.67 Å². The van der Waals surface area contributed by atoms with Crippen LogP contribution >= 0.6 is 7.37 Å². The van der Waals surface area contributed by atoms with Crippen molar-refractivity contribution in [1.29, 1.82) is 0 Å². The first-order chi connectivity index (χ1) is 11.8. The normalized spacial score (nSPS) is 13.6. The van der Waals surface area contributed by atoms with Gasteiger partial charge in [0.05, 0.1) is 18.9 Å². The summed E-state index contributed by atoms with van der Waals surface area (Å²) in [6.45, 7) is 8.33. The second-order valence-corrected chi connectivity index (χ2v) is 13.8. The van der Waals surface area contributed by atoms with E-state index in [-0.39, 0.29) is 6.61 Å². The number of benzene rings is 1. The summed E-state index contributed by atoms with van der Waals surface area (Å²) < 4.78 is 19.3. The molecular formula is C19H24NO3PSi. The van der Waals surface area contributed by atoms with Crippen molar-refractivity contribution in [2.75, 3.05) is 6.61 Å². The molecule has 0 radical (unpaired) electrons. The number of hydrogen-bond acceptors (Lipinski definition) is 4. The monoisotopic (exact) mass is 373 g/mol. The van der Waals surface area contributed by atoms with Gasteiger partial charge < -0.3 is 9.63 Å².